The summed E-state index contributed by atoms with van der Waals surface area (Å²) in [6, 6.07) is 11.7. The number of anilines is 1. The van der Waals surface area contributed by atoms with Gasteiger partial charge in [0.1, 0.15) is 23.9 Å². The van der Waals surface area contributed by atoms with Gasteiger partial charge in [-0.15, -0.1) is 0 Å². The molecule has 7 nitrogen and oxygen atoms in total. The maximum atomic E-state index is 11.3. The Bertz CT molecular complexity index is 763. The molecule has 0 spiro atoms. The third-order valence-electron chi connectivity index (χ3n) is 4.02. The summed E-state index contributed by atoms with van der Waals surface area (Å²) in [5, 5.41) is 25.4. The highest BCUT2D eigenvalue weighted by Crippen LogP contribution is 2.31. The van der Waals surface area contributed by atoms with Crippen molar-refractivity contribution in [1.29, 1.82) is 0 Å². The number of hydrogen-bond acceptors (Lipinski definition) is 6. The molecule has 0 saturated carbocycles. The summed E-state index contributed by atoms with van der Waals surface area (Å²) in [5.41, 5.74) is 1.37. The third kappa shape index (κ3) is 4.65. The quantitative estimate of drug-likeness (QED) is 0.602. The smallest absolute Gasteiger partial charge is 0.262 e. The fraction of sp³-hybridized carbons (Fsp3) is 0.316. The first-order chi connectivity index (χ1) is 12.5. The van der Waals surface area contributed by atoms with E-state index in [1.54, 1.807) is 42.5 Å². The fourth-order valence-corrected chi connectivity index (χ4v) is 2.55. The van der Waals surface area contributed by atoms with Crippen LogP contribution in [0.15, 0.2) is 42.5 Å². The predicted molar refractivity (Wildman–Crippen MR) is 96.6 cm³/mol. The van der Waals surface area contributed by atoms with Gasteiger partial charge in [0.25, 0.3) is 5.91 Å². The molecule has 2 unspecified atom stereocenters. The van der Waals surface area contributed by atoms with Crippen molar-refractivity contribution in [3.8, 4) is 17.2 Å². The maximum Gasteiger partial charge on any atom is 0.262 e. The number of rotatable bonds is 7. The molecule has 2 aromatic carbocycles. The number of phenols is 1. The SMILES string of the molecule is CC(COc1ccc2c(c1)OCC(=O)N2)NCC(O)c1ccc(O)cc1. The minimum atomic E-state index is -0.668. The molecule has 4 N–H and O–H groups in total. The van der Waals surface area contributed by atoms with Crippen LogP contribution in [0.5, 0.6) is 17.2 Å². The van der Waals surface area contributed by atoms with Gasteiger partial charge in [-0.3, -0.25) is 4.79 Å². The van der Waals surface area contributed by atoms with Crippen molar-refractivity contribution in [2.24, 2.45) is 0 Å². The summed E-state index contributed by atoms with van der Waals surface area (Å²) in [5.74, 6) is 1.23. The van der Waals surface area contributed by atoms with Gasteiger partial charge in [0, 0.05) is 18.7 Å². The van der Waals surface area contributed by atoms with Gasteiger partial charge in [0.2, 0.25) is 0 Å². The zero-order valence-corrected chi connectivity index (χ0v) is 14.4. The number of aromatic hydroxyl groups is 1. The van der Waals surface area contributed by atoms with Crippen LogP contribution < -0.4 is 20.1 Å². The van der Waals surface area contributed by atoms with Gasteiger partial charge in [0.15, 0.2) is 6.61 Å². The van der Waals surface area contributed by atoms with Crippen LogP contribution in [0.2, 0.25) is 0 Å². The first kappa shape index (κ1) is 18.0. The molecule has 1 heterocycles. The van der Waals surface area contributed by atoms with E-state index in [0.717, 1.165) is 5.56 Å². The molecular weight excluding hydrogens is 336 g/mol. The standard InChI is InChI=1S/C19H22N2O5/c1-12(20-9-17(23)13-2-4-14(22)5-3-13)10-25-15-6-7-16-18(8-15)26-11-19(24)21-16/h2-8,12,17,20,22-23H,9-11H2,1H3,(H,21,24). The lowest BCUT2D eigenvalue weighted by Crippen LogP contribution is -2.34. The van der Waals surface area contributed by atoms with Gasteiger partial charge in [-0.1, -0.05) is 12.1 Å². The van der Waals surface area contributed by atoms with Crippen molar-refractivity contribution in [1.82, 2.24) is 5.32 Å². The van der Waals surface area contributed by atoms with E-state index in [1.807, 2.05) is 6.92 Å². The van der Waals surface area contributed by atoms with Crippen LogP contribution in [-0.4, -0.2) is 41.9 Å². The largest absolute Gasteiger partial charge is 0.508 e. The van der Waals surface area contributed by atoms with Gasteiger partial charge in [-0.25, -0.2) is 0 Å². The third-order valence-corrected chi connectivity index (χ3v) is 4.02. The summed E-state index contributed by atoms with van der Waals surface area (Å²) in [4.78, 5) is 11.3. The lowest BCUT2D eigenvalue weighted by Gasteiger charge is -2.20. The molecule has 2 atom stereocenters. The van der Waals surface area contributed by atoms with E-state index >= 15 is 0 Å². The van der Waals surface area contributed by atoms with Crippen molar-refractivity contribution in [2.45, 2.75) is 19.1 Å². The van der Waals surface area contributed by atoms with E-state index in [0.29, 0.717) is 30.3 Å². The highest BCUT2D eigenvalue weighted by molar-refractivity contribution is 5.95. The monoisotopic (exact) mass is 358 g/mol. The minimum absolute atomic E-state index is 0.00353. The Kier molecular flexibility index (Phi) is 5.60. The first-order valence-corrected chi connectivity index (χ1v) is 8.41. The summed E-state index contributed by atoms with van der Waals surface area (Å²) in [6.45, 7) is 2.74. The Morgan fingerprint density at radius 2 is 2.04 bits per heavy atom. The summed E-state index contributed by atoms with van der Waals surface area (Å²) in [6.07, 6.45) is -0.668. The lowest BCUT2D eigenvalue weighted by molar-refractivity contribution is -0.118. The molecule has 0 aromatic heterocycles. The van der Waals surface area contributed by atoms with E-state index in [1.165, 1.54) is 0 Å². The Labute approximate surface area is 151 Å². The van der Waals surface area contributed by atoms with Crippen molar-refractivity contribution >= 4 is 11.6 Å². The highest BCUT2D eigenvalue weighted by atomic mass is 16.5. The number of nitrogens with one attached hydrogen (secondary N) is 2. The van der Waals surface area contributed by atoms with Crippen LogP contribution in [-0.2, 0) is 4.79 Å². The normalized spacial score (nSPS) is 15.4. The minimum Gasteiger partial charge on any atom is -0.508 e. The zero-order chi connectivity index (χ0) is 18.5. The molecular formula is C19H22N2O5. The molecule has 0 radical (unpaired) electrons. The van der Waals surface area contributed by atoms with Crippen molar-refractivity contribution < 1.29 is 24.5 Å². The number of phenolic OH excluding ortho intramolecular Hbond substituents is 1. The van der Waals surface area contributed by atoms with Crippen LogP contribution >= 0.6 is 0 Å². The number of aliphatic hydroxyl groups excluding tert-OH is 1. The predicted octanol–water partition coefficient (Wildman–Crippen LogP) is 1.81. The molecule has 1 aliphatic rings. The van der Waals surface area contributed by atoms with Crippen LogP contribution in [0.4, 0.5) is 5.69 Å². The van der Waals surface area contributed by atoms with Gasteiger partial charge >= 0.3 is 0 Å². The summed E-state index contributed by atoms with van der Waals surface area (Å²) in [7, 11) is 0. The number of hydrogen-bond donors (Lipinski definition) is 4. The molecule has 0 aliphatic carbocycles. The van der Waals surface area contributed by atoms with E-state index in [4.69, 9.17) is 9.47 Å². The molecule has 26 heavy (non-hydrogen) atoms. The van der Waals surface area contributed by atoms with Gasteiger partial charge in [-0.2, -0.15) is 0 Å². The van der Waals surface area contributed by atoms with Crippen LogP contribution in [0.3, 0.4) is 0 Å². The second-order valence-corrected chi connectivity index (χ2v) is 6.22. The molecule has 0 fully saturated rings. The first-order valence-electron chi connectivity index (χ1n) is 8.41. The molecule has 1 amide bonds. The molecule has 1 aliphatic heterocycles. The molecule has 0 saturated heterocycles. The van der Waals surface area contributed by atoms with Crippen molar-refractivity contribution in [2.75, 3.05) is 25.1 Å². The molecule has 0 bridgehead atoms. The van der Waals surface area contributed by atoms with Crippen LogP contribution in [0, 0.1) is 0 Å². The zero-order valence-electron chi connectivity index (χ0n) is 14.4. The van der Waals surface area contributed by atoms with Gasteiger partial charge < -0.3 is 30.3 Å². The topological polar surface area (TPSA) is 100 Å². The van der Waals surface area contributed by atoms with E-state index < -0.39 is 6.10 Å². The summed E-state index contributed by atoms with van der Waals surface area (Å²) >= 11 is 0. The fourth-order valence-electron chi connectivity index (χ4n) is 2.55. The highest BCUT2D eigenvalue weighted by Gasteiger charge is 2.16. The summed E-state index contributed by atoms with van der Waals surface area (Å²) < 4.78 is 11.1. The number of carbonyl (C=O) groups excluding carboxylic acids is 1. The molecule has 3 rings (SSSR count). The Hall–Kier alpha value is -2.77. The lowest BCUT2D eigenvalue weighted by atomic mass is 10.1. The maximum absolute atomic E-state index is 11.3. The van der Waals surface area contributed by atoms with Crippen LogP contribution in [0.1, 0.15) is 18.6 Å². The van der Waals surface area contributed by atoms with Crippen molar-refractivity contribution in [3.05, 3.63) is 48.0 Å². The van der Waals surface area contributed by atoms with E-state index in [2.05, 4.69) is 10.6 Å². The number of carbonyl (C=O) groups is 1. The average molecular weight is 358 g/mol. The van der Waals surface area contributed by atoms with Crippen molar-refractivity contribution in [3.63, 3.8) is 0 Å². The number of ether oxygens (including phenoxy) is 2. The Morgan fingerprint density at radius 1 is 1.27 bits per heavy atom. The van der Waals surface area contributed by atoms with Gasteiger partial charge in [0.05, 0.1) is 11.8 Å². The molecule has 2 aromatic rings. The number of fused-ring (bicyclic) bond motifs is 1. The molecule has 7 heteroatoms. The molecule has 138 valence electrons. The number of amides is 1. The number of benzene rings is 2. The van der Waals surface area contributed by atoms with E-state index in [9.17, 15) is 15.0 Å². The van der Waals surface area contributed by atoms with E-state index in [-0.39, 0.29) is 24.3 Å². The average Bonchev–Trinajstić information content (AvgIpc) is 2.65. The Morgan fingerprint density at radius 3 is 2.81 bits per heavy atom. The van der Waals surface area contributed by atoms with Gasteiger partial charge in [-0.05, 0) is 36.8 Å². The Balaban J connectivity index is 1.46. The van der Waals surface area contributed by atoms with Crippen LogP contribution in [0.25, 0.3) is 0 Å². The number of aliphatic hydroxyl groups is 1. The second kappa shape index (κ2) is 8.07. The second-order valence-electron chi connectivity index (χ2n) is 6.22.